The molecule has 0 aliphatic carbocycles. The largest absolute Gasteiger partial charge is 0.323 e. The van der Waals surface area contributed by atoms with Gasteiger partial charge in [-0.05, 0) is 31.4 Å². The first-order chi connectivity index (χ1) is 11.2. The highest BCUT2D eigenvalue weighted by Gasteiger charge is 2.40. The van der Waals surface area contributed by atoms with E-state index in [4.69, 9.17) is 0 Å². The topological polar surface area (TPSA) is 60.9 Å². The molecule has 1 aromatic rings. The number of benzene rings is 1. The lowest BCUT2D eigenvalue weighted by Gasteiger charge is -2.19. The fourth-order valence-corrected chi connectivity index (χ4v) is 3.84. The zero-order valence-corrected chi connectivity index (χ0v) is 12.9. The molecule has 4 rings (SSSR count). The second-order valence-corrected chi connectivity index (χ2v) is 6.38. The Morgan fingerprint density at radius 1 is 1.00 bits per heavy atom. The van der Waals surface area contributed by atoms with Crippen molar-refractivity contribution in [2.75, 3.05) is 26.2 Å². The van der Waals surface area contributed by atoms with E-state index in [0.29, 0.717) is 36.7 Å². The van der Waals surface area contributed by atoms with Crippen LogP contribution in [0, 0.1) is 0 Å². The number of carbonyl (C=O) groups excluding carboxylic acids is 3. The first kappa shape index (κ1) is 14.2. The summed E-state index contributed by atoms with van der Waals surface area (Å²) in [6, 6.07) is 7.38. The third-order valence-corrected chi connectivity index (χ3v) is 5.01. The fourth-order valence-electron chi connectivity index (χ4n) is 3.84. The maximum atomic E-state index is 12.3. The van der Waals surface area contributed by atoms with Crippen LogP contribution in [0.15, 0.2) is 24.3 Å². The molecule has 0 radical (unpaired) electrons. The van der Waals surface area contributed by atoms with Crippen LogP contribution in [0.5, 0.6) is 0 Å². The molecular formula is C17H19N3O3. The molecule has 0 spiro atoms. The quantitative estimate of drug-likeness (QED) is 0.793. The van der Waals surface area contributed by atoms with Gasteiger partial charge in [-0.15, -0.1) is 0 Å². The molecule has 0 aromatic heterocycles. The van der Waals surface area contributed by atoms with Crippen molar-refractivity contribution in [2.45, 2.75) is 25.3 Å². The summed E-state index contributed by atoms with van der Waals surface area (Å²) in [6.07, 6.45) is 2.80. The Kier molecular flexibility index (Phi) is 3.32. The summed E-state index contributed by atoms with van der Waals surface area (Å²) in [5.41, 5.74) is 0.964. The number of hydrogen-bond acceptors (Lipinski definition) is 3. The predicted octanol–water partition coefficient (Wildman–Crippen LogP) is 1.57. The average Bonchev–Trinajstić information content (AvgIpc) is 3.20. The Morgan fingerprint density at radius 2 is 1.70 bits per heavy atom. The molecule has 3 aliphatic heterocycles. The molecule has 3 heterocycles. The Hall–Kier alpha value is -2.37. The molecule has 2 saturated heterocycles. The molecule has 6 heteroatoms. The van der Waals surface area contributed by atoms with Crippen molar-refractivity contribution in [3.8, 4) is 0 Å². The van der Waals surface area contributed by atoms with Crippen LogP contribution in [-0.2, 0) is 0 Å². The third kappa shape index (κ3) is 2.20. The standard InChI is InChI=1S/C17H19N3O3/c21-15-13-6-1-2-7-14(13)16(22)20(15)10-4-8-18-11-12-5-3-9-19(12)17(18)23/h1-2,6-7,12H,3-5,8-11H2/t12-/m0/s1. The van der Waals surface area contributed by atoms with Crippen molar-refractivity contribution < 1.29 is 14.4 Å². The predicted molar refractivity (Wildman–Crippen MR) is 83.1 cm³/mol. The van der Waals surface area contributed by atoms with E-state index >= 15 is 0 Å². The molecular weight excluding hydrogens is 294 g/mol. The second kappa shape index (κ2) is 5.37. The molecule has 0 bridgehead atoms. The summed E-state index contributed by atoms with van der Waals surface area (Å²) in [4.78, 5) is 41.9. The van der Waals surface area contributed by atoms with Gasteiger partial charge in [-0.2, -0.15) is 0 Å². The number of rotatable bonds is 4. The van der Waals surface area contributed by atoms with E-state index in [1.165, 1.54) is 4.90 Å². The van der Waals surface area contributed by atoms with Crippen LogP contribution >= 0.6 is 0 Å². The van der Waals surface area contributed by atoms with E-state index in [1.54, 1.807) is 24.3 Å². The summed E-state index contributed by atoms with van der Waals surface area (Å²) in [6.45, 7) is 2.60. The maximum absolute atomic E-state index is 12.3. The zero-order chi connectivity index (χ0) is 16.0. The van der Waals surface area contributed by atoms with Crippen LogP contribution in [0.2, 0.25) is 0 Å². The first-order valence-electron chi connectivity index (χ1n) is 8.17. The SMILES string of the molecule is O=C1c2ccccc2C(=O)N1CCCN1C[C@@H]2CCCN2C1=O. The van der Waals surface area contributed by atoms with Gasteiger partial charge in [-0.3, -0.25) is 14.5 Å². The third-order valence-electron chi connectivity index (χ3n) is 5.01. The van der Waals surface area contributed by atoms with E-state index in [0.717, 1.165) is 25.9 Å². The van der Waals surface area contributed by atoms with E-state index in [1.807, 2.05) is 9.80 Å². The van der Waals surface area contributed by atoms with E-state index in [-0.39, 0.29) is 17.8 Å². The average molecular weight is 313 g/mol. The number of carbonyl (C=O) groups is 3. The van der Waals surface area contributed by atoms with Gasteiger partial charge in [0.2, 0.25) is 0 Å². The van der Waals surface area contributed by atoms with Gasteiger partial charge < -0.3 is 9.80 Å². The van der Waals surface area contributed by atoms with Crippen molar-refractivity contribution in [3.63, 3.8) is 0 Å². The highest BCUT2D eigenvalue weighted by molar-refractivity contribution is 6.21. The summed E-state index contributed by atoms with van der Waals surface area (Å²) >= 11 is 0. The molecule has 0 saturated carbocycles. The van der Waals surface area contributed by atoms with Crippen molar-refractivity contribution in [2.24, 2.45) is 0 Å². The number of fused-ring (bicyclic) bond motifs is 2. The highest BCUT2D eigenvalue weighted by Crippen LogP contribution is 2.26. The van der Waals surface area contributed by atoms with Crippen LogP contribution in [0.4, 0.5) is 4.79 Å². The Bertz CT molecular complexity index is 652. The van der Waals surface area contributed by atoms with Crippen LogP contribution < -0.4 is 0 Å². The maximum Gasteiger partial charge on any atom is 0.320 e. The normalized spacial score (nSPS) is 23.0. The zero-order valence-electron chi connectivity index (χ0n) is 12.9. The van der Waals surface area contributed by atoms with Gasteiger partial charge >= 0.3 is 6.03 Å². The van der Waals surface area contributed by atoms with Gasteiger partial charge in [0.1, 0.15) is 0 Å². The van der Waals surface area contributed by atoms with Gasteiger partial charge in [-0.1, -0.05) is 12.1 Å². The molecule has 1 atom stereocenters. The van der Waals surface area contributed by atoms with Crippen LogP contribution in [-0.4, -0.2) is 64.8 Å². The molecule has 23 heavy (non-hydrogen) atoms. The van der Waals surface area contributed by atoms with Gasteiger partial charge in [-0.25, -0.2) is 4.79 Å². The first-order valence-corrected chi connectivity index (χ1v) is 8.17. The van der Waals surface area contributed by atoms with Gasteiger partial charge in [0.15, 0.2) is 0 Å². The molecule has 0 N–H and O–H groups in total. The summed E-state index contributed by atoms with van der Waals surface area (Å²) in [5, 5.41) is 0. The van der Waals surface area contributed by atoms with Crippen LogP contribution in [0.3, 0.4) is 0 Å². The molecule has 6 nitrogen and oxygen atoms in total. The van der Waals surface area contributed by atoms with Gasteiger partial charge in [0.05, 0.1) is 17.2 Å². The van der Waals surface area contributed by atoms with Crippen molar-refractivity contribution >= 4 is 17.8 Å². The smallest absolute Gasteiger partial charge is 0.320 e. The minimum absolute atomic E-state index is 0.106. The Balaban J connectivity index is 1.35. The lowest BCUT2D eigenvalue weighted by molar-refractivity contribution is 0.0650. The number of imide groups is 1. The Morgan fingerprint density at radius 3 is 2.35 bits per heavy atom. The van der Waals surface area contributed by atoms with Crippen LogP contribution in [0.1, 0.15) is 40.0 Å². The highest BCUT2D eigenvalue weighted by atomic mass is 16.2. The number of urea groups is 1. The van der Waals surface area contributed by atoms with Gasteiger partial charge in [0, 0.05) is 26.2 Å². The van der Waals surface area contributed by atoms with Crippen molar-refractivity contribution in [1.82, 2.24) is 14.7 Å². The minimum atomic E-state index is -0.223. The van der Waals surface area contributed by atoms with Crippen molar-refractivity contribution in [1.29, 1.82) is 0 Å². The van der Waals surface area contributed by atoms with E-state index < -0.39 is 0 Å². The second-order valence-electron chi connectivity index (χ2n) is 6.38. The fraction of sp³-hybridized carbons (Fsp3) is 0.471. The summed E-state index contributed by atoms with van der Waals surface area (Å²) in [5.74, 6) is -0.446. The van der Waals surface area contributed by atoms with Gasteiger partial charge in [0.25, 0.3) is 11.8 Å². The molecule has 4 amide bonds. The minimum Gasteiger partial charge on any atom is -0.323 e. The molecule has 120 valence electrons. The summed E-state index contributed by atoms with van der Waals surface area (Å²) in [7, 11) is 0. The number of amides is 4. The molecule has 1 aromatic carbocycles. The molecule has 2 fully saturated rings. The lowest BCUT2D eigenvalue weighted by Crippen LogP contribution is -2.35. The Labute approximate surface area is 134 Å². The lowest BCUT2D eigenvalue weighted by atomic mass is 10.1. The number of hydrogen-bond donors (Lipinski definition) is 0. The molecule has 3 aliphatic rings. The molecule has 0 unspecified atom stereocenters. The van der Waals surface area contributed by atoms with Crippen molar-refractivity contribution in [3.05, 3.63) is 35.4 Å². The van der Waals surface area contributed by atoms with E-state index in [2.05, 4.69) is 0 Å². The van der Waals surface area contributed by atoms with E-state index in [9.17, 15) is 14.4 Å². The van der Waals surface area contributed by atoms with Crippen LogP contribution in [0.25, 0.3) is 0 Å². The summed E-state index contributed by atoms with van der Waals surface area (Å²) < 4.78 is 0. The number of nitrogens with zero attached hydrogens (tertiary/aromatic N) is 3. The monoisotopic (exact) mass is 313 g/mol.